The van der Waals surface area contributed by atoms with Crippen LogP contribution in [0.3, 0.4) is 0 Å². The van der Waals surface area contributed by atoms with E-state index in [1.54, 1.807) is 18.2 Å². The Kier molecular flexibility index (Phi) is 5.98. The number of anilines is 1. The van der Waals surface area contributed by atoms with Crippen molar-refractivity contribution in [2.24, 2.45) is 0 Å². The minimum Gasteiger partial charge on any atom is -0.482 e. The van der Waals surface area contributed by atoms with Crippen LogP contribution >= 0.6 is 23.2 Å². The summed E-state index contributed by atoms with van der Waals surface area (Å²) in [6.45, 7) is -0.389. The zero-order chi connectivity index (χ0) is 24.5. The molecule has 8 nitrogen and oxygen atoms in total. The predicted octanol–water partition coefficient (Wildman–Crippen LogP) is 6.88. The normalized spacial score (nSPS) is 11.0. The van der Waals surface area contributed by atoms with E-state index in [2.05, 4.69) is 10.3 Å². The van der Waals surface area contributed by atoms with E-state index in [4.69, 9.17) is 32.4 Å². The molecule has 0 spiro atoms. The van der Waals surface area contributed by atoms with Gasteiger partial charge in [0, 0.05) is 27.7 Å². The molecule has 0 aliphatic heterocycles. The van der Waals surface area contributed by atoms with E-state index in [0.29, 0.717) is 27.7 Å². The number of halogens is 2. The number of benzene rings is 4. The summed E-state index contributed by atoms with van der Waals surface area (Å²) in [5.74, 6) is 0.00197. The van der Waals surface area contributed by atoms with E-state index in [9.17, 15) is 14.9 Å². The van der Waals surface area contributed by atoms with E-state index in [1.165, 1.54) is 18.2 Å². The molecule has 0 aliphatic carbocycles. The van der Waals surface area contributed by atoms with E-state index in [1.807, 2.05) is 36.4 Å². The first-order valence-electron chi connectivity index (χ1n) is 10.3. The molecule has 1 aromatic heterocycles. The first-order valence-corrected chi connectivity index (χ1v) is 11.1. The molecule has 0 saturated carbocycles. The number of ether oxygens (including phenoxy) is 1. The van der Waals surface area contributed by atoms with Gasteiger partial charge < -0.3 is 14.5 Å². The Hall–Kier alpha value is -4.14. The summed E-state index contributed by atoms with van der Waals surface area (Å²) in [5.41, 5.74) is 2.20. The van der Waals surface area contributed by atoms with Crippen LogP contribution in [-0.2, 0) is 4.79 Å². The highest BCUT2D eigenvalue weighted by Crippen LogP contribution is 2.34. The number of rotatable bonds is 6. The van der Waals surface area contributed by atoms with Crippen LogP contribution in [0.2, 0.25) is 10.0 Å². The molecule has 5 aromatic rings. The summed E-state index contributed by atoms with van der Waals surface area (Å²) in [6.07, 6.45) is 0. The van der Waals surface area contributed by atoms with Gasteiger partial charge >= 0.3 is 0 Å². The molecule has 1 amide bonds. The third-order valence-corrected chi connectivity index (χ3v) is 5.90. The Morgan fingerprint density at radius 3 is 2.63 bits per heavy atom. The van der Waals surface area contributed by atoms with Gasteiger partial charge in [0.05, 0.1) is 16.0 Å². The lowest BCUT2D eigenvalue weighted by molar-refractivity contribution is -0.384. The maximum Gasteiger partial charge on any atom is 0.273 e. The van der Waals surface area contributed by atoms with Crippen molar-refractivity contribution in [2.45, 2.75) is 0 Å². The Morgan fingerprint density at radius 1 is 1.00 bits per heavy atom. The van der Waals surface area contributed by atoms with E-state index in [0.717, 1.165) is 16.3 Å². The molecule has 1 N–H and O–H groups in total. The van der Waals surface area contributed by atoms with Gasteiger partial charge in [-0.15, -0.1) is 0 Å². The first kappa shape index (κ1) is 22.6. The lowest BCUT2D eigenvalue weighted by atomic mass is 10.0. The molecule has 0 fully saturated rings. The molecular formula is C25H15Cl2N3O5. The van der Waals surface area contributed by atoms with Crippen LogP contribution in [0.4, 0.5) is 11.4 Å². The fourth-order valence-electron chi connectivity index (χ4n) is 3.64. The fourth-order valence-corrected chi connectivity index (χ4v) is 4.04. The number of nitro groups is 1. The van der Waals surface area contributed by atoms with Crippen LogP contribution in [0.15, 0.2) is 77.2 Å². The second-order valence-electron chi connectivity index (χ2n) is 7.55. The van der Waals surface area contributed by atoms with Crippen LogP contribution in [-0.4, -0.2) is 22.4 Å². The van der Waals surface area contributed by atoms with Crippen LogP contribution in [0.5, 0.6) is 5.75 Å². The number of nitrogens with one attached hydrogen (secondary N) is 1. The van der Waals surface area contributed by atoms with Crippen LogP contribution < -0.4 is 10.1 Å². The van der Waals surface area contributed by atoms with E-state index < -0.39 is 10.8 Å². The molecule has 5 rings (SSSR count). The van der Waals surface area contributed by atoms with Crippen molar-refractivity contribution < 1.29 is 18.9 Å². The van der Waals surface area contributed by atoms with Gasteiger partial charge in [-0.3, -0.25) is 14.9 Å². The average Bonchev–Trinajstić information content (AvgIpc) is 3.26. The Balaban J connectivity index is 1.34. The summed E-state index contributed by atoms with van der Waals surface area (Å²) in [7, 11) is 0. The smallest absolute Gasteiger partial charge is 0.273 e. The quantitative estimate of drug-likeness (QED) is 0.198. The second-order valence-corrected chi connectivity index (χ2v) is 8.37. The molecule has 0 bridgehead atoms. The largest absolute Gasteiger partial charge is 0.482 e. The van der Waals surface area contributed by atoms with E-state index in [-0.39, 0.29) is 23.1 Å². The van der Waals surface area contributed by atoms with Crippen molar-refractivity contribution in [1.82, 2.24) is 4.98 Å². The van der Waals surface area contributed by atoms with Gasteiger partial charge in [-0.1, -0.05) is 47.5 Å². The number of carbonyl (C=O) groups is 1. The van der Waals surface area contributed by atoms with Gasteiger partial charge in [0.2, 0.25) is 5.89 Å². The number of amides is 1. The number of non-ortho nitro benzene ring substituents is 1. The lowest BCUT2D eigenvalue weighted by Crippen LogP contribution is -2.20. The third-order valence-electron chi connectivity index (χ3n) is 5.25. The molecule has 0 saturated heterocycles. The summed E-state index contributed by atoms with van der Waals surface area (Å²) < 4.78 is 11.3. The minimum absolute atomic E-state index is 0.0443. The van der Waals surface area contributed by atoms with Crippen molar-refractivity contribution >= 4 is 62.4 Å². The summed E-state index contributed by atoms with van der Waals surface area (Å²) in [4.78, 5) is 27.3. The minimum atomic E-state index is -0.572. The molecule has 0 unspecified atom stereocenters. The number of hydrogen-bond donors (Lipinski definition) is 1. The molecule has 0 atom stereocenters. The maximum atomic E-state index is 12.4. The number of fused-ring (bicyclic) bond motifs is 2. The van der Waals surface area contributed by atoms with Crippen molar-refractivity contribution in [1.29, 1.82) is 0 Å². The molecule has 1 heterocycles. The fraction of sp³-hybridized carbons (Fsp3) is 0.0400. The van der Waals surface area contributed by atoms with Crippen LogP contribution in [0, 0.1) is 10.1 Å². The zero-order valence-corrected chi connectivity index (χ0v) is 19.3. The highest BCUT2D eigenvalue weighted by atomic mass is 35.5. The molecule has 0 aliphatic rings. The van der Waals surface area contributed by atoms with Gasteiger partial charge in [0.25, 0.3) is 11.6 Å². The highest BCUT2D eigenvalue weighted by molar-refractivity contribution is 6.35. The predicted molar refractivity (Wildman–Crippen MR) is 134 cm³/mol. The standard InChI is InChI=1S/C25H15Cl2N3O5/c26-19-6-2-3-16-17(19)4-1-5-18(16)25-29-21-11-14(7-10-22(21)35-25)28-24(31)13-34-23-12-15(30(32)33)8-9-20(23)27/h1-12H,13H2,(H,28,31). The zero-order valence-electron chi connectivity index (χ0n) is 17.8. The average molecular weight is 508 g/mol. The topological polar surface area (TPSA) is 108 Å². The van der Waals surface area contributed by atoms with Crippen molar-refractivity contribution in [3.8, 4) is 17.2 Å². The van der Waals surface area contributed by atoms with Gasteiger partial charge in [-0.25, -0.2) is 4.98 Å². The highest BCUT2D eigenvalue weighted by Gasteiger charge is 2.15. The first-order chi connectivity index (χ1) is 16.9. The third kappa shape index (κ3) is 4.62. The lowest BCUT2D eigenvalue weighted by Gasteiger charge is -2.08. The Labute approximate surface area is 208 Å². The van der Waals surface area contributed by atoms with Crippen LogP contribution in [0.1, 0.15) is 0 Å². The number of oxazole rings is 1. The van der Waals surface area contributed by atoms with Gasteiger partial charge in [-0.05, 0) is 41.8 Å². The molecule has 4 aromatic carbocycles. The Morgan fingerprint density at radius 2 is 1.80 bits per heavy atom. The number of aromatic nitrogens is 1. The van der Waals surface area contributed by atoms with Crippen molar-refractivity contribution in [2.75, 3.05) is 11.9 Å². The van der Waals surface area contributed by atoms with Crippen molar-refractivity contribution in [3.05, 3.63) is 93.0 Å². The van der Waals surface area contributed by atoms with Gasteiger partial charge in [-0.2, -0.15) is 0 Å². The SMILES string of the molecule is O=C(COc1cc([N+](=O)[O-])ccc1Cl)Nc1ccc2oc(-c3cccc4c(Cl)cccc34)nc2c1. The number of nitrogens with zero attached hydrogens (tertiary/aromatic N) is 2. The molecule has 35 heavy (non-hydrogen) atoms. The number of hydrogen-bond acceptors (Lipinski definition) is 6. The summed E-state index contributed by atoms with van der Waals surface area (Å²) in [5, 5.41) is 16.2. The van der Waals surface area contributed by atoms with Gasteiger partial charge in [0.1, 0.15) is 11.3 Å². The molecule has 10 heteroatoms. The van der Waals surface area contributed by atoms with Crippen LogP contribution in [0.25, 0.3) is 33.3 Å². The van der Waals surface area contributed by atoms with E-state index >= 15 is 0 Å². The monoisotopic (exact) mass is 507 g/mol. The summed E-state index contributed by atoms with van der Waals surface area (Å²) >= 11 is 12.3. The molecule has 0 radical (unpaired) electrons. The van der Waals surface area contributed by atoms with Gasteiger partial charge in [0.15, 0.2) is 12.2 Å². The number of carbonyl (C=O) groups excluding carboxylic acids is 1. The number of nitro benzene ring substituents is 1. The van der Waals surface area contributed by atoms with Crippen molar-refractivity contribution in [3.63, 3.8) is 0 Å². The maximum absolute atomic E-state index is 12.4. The molecule has 174 valence electrons. The Bertz CT molecular complexity index is 1620. The molecular weight excluding hydrogens is 493 g/mol. The second kappa shape index (κ2) is 9.25. The summed E-state index contributed by atoms with van der Waals surface area (Å²) in [6, 6.07) is 20.2.